The minimum Gasteiger partial charge on any atom is -0.507 e. The molecular weight excluding hydrogens is 278 g/mol. The van der Waals surface area contributed by atoms with E-state index < -0.39 is 0 Å². The Labute approximate surface area is 129 Å². The number of aryl methyl sites for hydroxylation is 2. The van der Waals surface area contributed by atoms with Gasteiger partial charge in [0.1, 0.15) is 5.75 Å². The van der Waals surface area contributed by atoms with Gasteiger partial charge < -0.3 is 10.4 Å². The minimum atomic E-state index is -0.258. The molecule has 1 amide bonds. The van der Waals surface area contributed by atoms with Crippen molar-refractivity contribution in [3.63, 3.8) is 0 Å². The summed E-state index contributed by atoms with van der Waals surface area (Å²) in [6, 6.07) is 12.9. The molecule has 0 spiro atoms. The van der Waals surface area contributed by atoms with Gasteiger partial charge in [0.15, 0.2) is 0 Å². The molecule has 0 bridgehead atoms. The standard InChI is InChI=1S/C17H19N3O2/c1-12-7-8-16(21)14(9-12)10-19-20-17(22)11-18-15-6-4-3-5-13(15)2/h3-10,18,21H,11H2,1-2H3,(H,20,22). The first-order chi connectivity index (χ1) is 10.6. The van der Waals surface area contributed by atoms with Crippen molar-refractivity contribution in [2.75, 3.05) is 11.9 Å². The number of hydrogen-bond acceptors (Lipinski definition) is 4. The lowest BCUT2D eigenvalue weighted by Gasteiger charge is -2.07. The van der Waals surface area contributed by atoms with Crippen molar-refractivity contribution in [2.45, 2.75) is 13.8 Å². The number of aromatic hydroxyl groups is 1. The number of hydrogen-bond donors (Lipinski definition) is 3. The molecule has 0 fully saturated rings. The zero-order chi connectivity index (χ0) is 15.9. The lowest BCUT2D eigenvalue weighted by Crippen LogP contribution is -2.26. The lowest BCUT2D eigenvalue weighted by molar-refractivity contribution is -0.119. The normalized spacial score (nSPS) is 10.6. The SMILES string of the molecule is Cc1ccc(O)c(C=NNC(=O)CNc2ccccc2C)c1. The molecule has 0 radical (unpaired) electrons. The zero-order valence-corrected chi connectivity index (χ0v) is 12.6. The van der Waals surface area contributed by atoms with Gasteiger partial charge in [-0.25, -0.2) is 5.43 Å². The molecule has 22 heavy (non-hydrogen) atoms. The molecule has 0 saturated heterocycles. The molecule has 3 N–H and O–H groups in total. The van der Waals surface area contributed by atoms with E-state index in [1.807, 2.05) is 38.1 Å². The van der Waals surface area contributed by atoms with Crippen molar-refractivity contribution in [3.05, 3.63) is 59.2 Å². The van der Waals surface area contributed by atoms with E-state index >= 15 is 0 Å². The summed E-state index contributed by atoms with van der Waals surface area (Å²) in [5.41, 5.74) is 5.98. The molecule has 5 heteroatoms. The number of nitrogens with zero attached hydrogens (tertiary/aromatic N) is 1. The number of anilines is 1. The minimum absolute atomic E-state index is 0.127. The highest BCUT2D eigenvalue weighted by Gasteiger charge is 2.02. The highest BCUT2D eigenvalue weighted by atomic mass is 16.3. The van der Waals surface area contributed by atoms with Crippen LogP contribution in [0.5, 0.6) is 5.75 Å². The van der Waals surface area contributed by atoms with Crippen LogP contribution >= 0.6 is 0 Å². The topological polar surface area (TPSA) is 73.7 Å². The van der Waals surface area contributed by atoms with Crippen LogP contribution in [0.2, 0.25) is 0 Å². The Balaban J connectivity index is 1.86. The first-order valence-electron chi connectivity index (χ1n) is 6.97. The van der Waals surface area contributed by atoms with Gasteiger partial charge in [-0.05, 0) is 37.6 Å². The van der Waals surface area contributed by atoms with Gasteiger partial charge in [0.2, 0.25) is 0 Å². The van der Waals surface area contributed by atoms with Gasteiger partial charge in [0.05, 0.1) is 12.8 Å². The molecule has 2 aromatic rings. The van der Waals surface area contributed by atoms with Crippen LogP contribution in [0.1, 0.15) is 16.7 Å². The molecule has 0 saturated carbocycles. The van der Waals surface area contributed by atoms with E-state index in [0.717, 1.165) is 16.8 Å². The summed E-state index contributed by atoms with van der Waals surface area (Å²) >= 11 is 0. The summed E-state index contributed by atoms with van der Waals surface area (Å²) in [5.74, 6) is -0.131. The Morgan fingerprint density at radius 1 is 1.23 bits per heavy atom. The summed E-state index contributed by atoms with van der Waals surface area (Å²) in [5, 5.41) is 16.6. The maximum absolute atomic E-state index is 11.7. The van der Waals surface area contributed by atoms with Gasteiger partial charge in [-0.2, -0.15) is 5.10 Å². The van der Waals surface area contributed by atoms with Gasteiger partial charge >= 0.3 is 0 Å². The van der Waals surface area contributed by atoms with Crippen molar-refractivity contribution in [1.82, 2.24) is 5.43 Å². The maximum Gasteiger partial charge on any atom is 0.259 e. The number of phenols is 1. The number of para-hydroxylation sites is 1. The fraction of sp³-hybridized carbons (Fsp3) is 0.176. The molecule has 0 aliphatic heterocycles. The Kier molecular flexibility index (Phi) is 5.14. The van der Waals surface area contributed by atoms with Crippen LogP contribution in [0.3, 0.4) is 0 Å². The van der Waals surface area contributed by atoms with Crippen molar-refractivity contribution >= 4 is 17.8 Å². The summed E-state index contributed by atoms with van der Waals surface area (Å²) in [4.78, 5) is 11.7. The Bertz CT molecular complexity index is 696. The smallest absolute Gasteiger partial charge is 0.259 e. The van der Waals surface area contributed by atoms with Crippen LogP contribution in [-0.4, -0.2) is 23.8 Å². The Morgan fingerprint density at radius 3 is 2.77 bits per heavy atom. The molecule has 5 nitrogen and oxygen atoms in total. The van der Waals surface area contributed by atoms with Gasteiger partial charge in [0, 0.05) is 11.3 Å². The van der Waals surface area contributed by atoms with E-state index in [0.29, 0.717) is 5.56 Å². The van der Waals surface area contributed by atoms with Crippen LogP contribution < -0.4 is 10.7 Å². The van der Waals surface area contributed by atoms with Gasteiger partial charge in [-0.3, -0.25) is 4.79 Å². The summed E-state index contributed by atoms with van der Waals surface area (Å²) in [7, 11) is 0. The van der Waals surface area contributed by atoms with E-state index in [9.17, 15) is 9.90 Å². The van der Waals surface area contributed by atoms with Crippen molar-refractivity contribution < 1.29 is 9.90 Å². The zero-order valence-electron chi connectivity index (χ0n) is 12.6. The van der Waals surface area contributed by atoms with Gasteiger partial charge in [-0.1, -0.05) is 29.8 Å². The number of nitrogens with one attached hydrogen (secondary N) is 2. The summed E-state index contributed by atoms with van der Waals surface area (Å²) < 4.78 is 0. The first-order valence-corrected chi connectivity index (χ1v) is 6.97. The fourth-order valence-corrected chi connectivity index (χ4v) is 1.94. The van der Waals surface area contributed by atoms with Crippen LogP contribution in [0.4, 0.5) is 5.69 Å². The van der Waals surface area contributed by atoms with Crippen LogP contribution in [0, 0.1) is 13.8 Å². The third-order valence-corrected chi connectivity index (χ3v) is 3.16. The van der Waals surface area contributed by atoms with E-state index in [1.54, 1.807) is 18.2 Å². The molecule has 0 heterocycles. The second-order valence-electron chi connectivity index (χ2n) is 5.02. The monoisotopic (exact) mass is 297 g/mol. The van der Waals surface area contributed by atoms with Crippen molar-refractivity contribution in [1.29, 1.82) is 0 Å². The average Bonchev–Trinajstić information content (AvgIpc) is 2.50. The second-order valence-corrected chi connectivity index (χ2v) is 5.02. The van der Waals surface area contributed by atoms with E-state index in [4.69, 9.17) is 0 Å². The van der Waals surface area contributed by atoms with E-state index in [1.165, 1.54) is 6.21 Å². The summed E-state index contributed by atoms with van der Waals surface area (Å²) in [6.07, 6.45) is 1.42. The predicted octanol–water partition coefficient (Wildman–Crippen LogP) is 2.57. The molecule has 0 aliphatic rings. The van der Waals surface area contributed by atoms with Crippen LogP contribution in [-0.2, 0) is 4.79 Å². The summed E-state index contributed by atoms with van der Waals surface area (Å²) in [6.45, 7) is 4.02. The first kappa shape index (κ1) is 15.6. The number of carbonyl (C=O) groups excluding carboxylic acids is 1. The molecule has 0 aliphatic carbocycles. The largest absolute Gasteiger partial charge is 0.507 e. The molecule has 0 unspecified atom stereocenters. The number of rotatable bonds is 5. The highest BCUT2D eigenvalue weighted by Crippen LogP contribution is 2.15. The Hall–Kier alpha value is -2.82. The number of benzene rings is 2. The van der Waals surface area contributed by atoms with Crippen molar-refractivity contribution in [3.8, 4) is 5.75 Å². The van der Waals surface area contributed by atoms with E-state index in [2.05, 4.69) is 15.8 Å². The predicted molar refractivity (Wildman–Crippen MR) is 88.2 cm³/mol. The Morgan fingerprint density at radius 2 is 2.00 bits per heavy atom. The van der Waals surface area contributed by atoms with E-state index in [-0.39, 0.29) is 18.2 Å². The maximum atomic E-state index is 11.7. The second kappa shape index (κ2) is 7.26. The fourth-order valence-electron chi connectivity index (χ4n) is 1.94. The van der Waals surface area contributed by atoms with Crippen molar-refractivity contribution in [2.24, 2.45) is 5.10 Å². The lowest BCUT2D eigenvalue weighted by atomic mass is 10.1. The molecule has 2 rings (SSSR count). The van der Waals surface area contributed by atoms with Crippen LogP contribution in [0.25, 0.3) is 0 Å². The average molecular weight is 297 g/mol. The molecular formula is C17H19N3O2. The molecule has 0 aromatic heterocycles. The van der Waals surface area contributed by atoms with Gasteiger partial charge in [0.25, 0.3) is 5.91 Å². The number of hydrazone groups is 1. The molecule has 0 atom stereocenters. The number of amides is 1. The number of carbonyl (C=O) groups is 1. The van der Waals surface area contributed by atoms with Crippen LogP contribution in [0.15, 0.2) is 47.6 Å². The number of phenolic OH excluding ortho intramolecular Hbond substituents is 1. The quantitative estimate of drug-likeness (QED) is 0.586. The highest BCUT2D eigenvalue weighted by molar-refractivity contribution is 5.86. The molecule has 2 aromatic carbocycles. The third-order valence-electron chi connectivity index (χ3n) is 3.16. The van der Waals surface area contributed by atoms with Gasteiger partial charge in [-0.15, -0.1) is 0 Å². The molecule has 114 valence electrons. The third kappa shape index (κ3) is 4.34.